The van der Waals surface area contributed by atoms with Crippen molar-refractivity contribution in [3.05, 3.63) is 0 Å². The lowest BCUT2D eigenvalue weighted by atomic mass is 10.1. The summed E-state index contributed by atoms with van der Waals surface area (Å²) in [5.41, 5.74) is 0. The van der Waals surface area contributed by atoms with Gasteiger partial charge >= 0.3 is 6.18 Å². The zero-order chi connectivity index (χ0) is 12.2. The summed E-state index contributed by atoms with van der Waals surface area (Å²) in [6, 6.07) is 0. The highest BCUT2D eigenvalue weighted by molar-refractivity contribution is 5.00. The lowest BCUT2D eigenvalue weighted by Crippen LogP contribution is -2.38. The highest BCUT2D eigenvalue weighted by atomic mass is 19.4. The fourth-order valence-electron chi connectivity index (χ4n) is 1.86. The van der Waals surface area contributed by atoms with Gasteiger partial charge in [0, 0.05) is 6.61 Å². The standard InChI is InChI=1S/C11H19F3O2/c1-3-5-6-7-8-9-10(16-9,15-4-2)11(12,13)14/h9H,3-8H2,1-2H3. The lowest BCUT2D eigenvalue weighted by molar-refractivity contribution is -0.270. The molecular weight excluding hydrogens is 221 g/mol. The summed E-state index contributed by atoms with van der Waals surface area (Å²) in [5, 5.41) is 0. The summed E-state index contributed by atoms with van der Waals surface area (Å²) in [4.78, 5) is 0. The minimum atomic E-state index is -4.42. The quantitative estimate of drug-likeness (QED) is 0.500. The Balaban J connectivity index is 2.35. The first kappa shape index (κ1) is 13.8. The maximum Gasteiger partial charge on any atom is 0.446 e. The van der Waals surface area contributed by atoms with Crippen LogP contribution in [0.1, 0.15) is 46.0 Å². The number of rotatable bonds is 7. The molecule has 0 aromatic heterocycles. The van der Waals surface area contributed by atoms with E-state index in [0.29, 0.717) is 6.42 Å². The molecule has 0 saturated carbocycles. The first-order valence-corrected chi connectivity index (χ1v) is 5.86. The Labute approximate surface area is 94.1 Å². The second-order valence-corrected chi connectivity index (χ2v) is 4.05. The SMILES string of the molecule is CCCCCCC1OC1(OCC)C(F)(F)F. The van der Waals surface area contributed by atoms with Gasteiger partial charge in [-0.3, -0.25) is 0 Å². The van der Waals surface area contributed by atoms with Crippen molar-refractivity contribution in [3.8, 4) is 0 Å². The third kappa shape index (κ3) is 2.88. The van der Waals surface area contributed by atoms with E-state index in [0.717, 1.165) is 25.7 Å². The minimum Gasteiger partial charge on any atom is -0.341 e. The Bertz CT molecular complexity index is 218. The van der Waals surface area contributed by atoms with Crippen molar-refractivity contribution in [1.82, 2.24) is 0 Å². The van der Waals surface area contributed by atoms with E-state index in [1.54, 1.807) is 6.92 Å². The molecule has 1 rings (SSSR count). The molecule has 0 amide bonds. The molecule has 0 N–H and O–H groups in total. The van der Waals surface area contributed by atoms with Gasteiger partial charge in [0.25, 0.3) is 5.79 Å². The van der Waals surface area contributed by atoms with Crippen LogP contribution in [0.4, 0.5) is 13.2 Å². The van der Waals surface area contributed by atoms with Crippen molar-refractivity contribution in [2.24, 2.45) is 0 Å². The molecule has 1 fully saturated rings. The maximum atomic E-state index is 12.7. The summed E-state index contributed by atoms with van der Waals surface area (Å²) >= 11 is 0. The van der Waals surface area contributed by atoms with Crippen LogP contribution in [0.3, 0.4) is 0 Å². The van der Waals surface area contributed by atoms with E-state index in [4.69, 9.17) is 9.47 Å². The average Bonchev–Trinajstić information content (AvgIpc) is 2.88. The summed E-state index contributed by atoms with van der Waals surface area (Å²) in [6.45, 7) is 3.63. The van der Waals surface area contributed by atoms with Gasteiger partial charge in [-0.05, 0) is 13.3 Å². The van der Waals surface area contributed by atoms with Crippen LogP contribution in [-0.2, 0) is 9.47 Å². The van der Waals surface area contributed by atoms with Gasteiger partial charge in [0.1, 0.15) is 6.10 Å². The molecule has 1 aliphatic rings. The van der Waals surface area contributed by atoms with Crippen LogP contribution < -0.4 is 0 Å². The molecule has 0 aromatic rings. The number of halogens is 3. The van der Waals surface area contributed by atoms with Crippen LogP contribution in [0.15, 0.2) is 0 Å². The molecule has 96 valence electrons. The predicted molar refractivity (Wildman–Crippen MR) is 54.0 cm³/mol. The van der Waals surface area contributed by atoms with Gasteiger partial charge < -0.3 is 9.47 Å². The smallest absolute Gasteiger partial charge is 0.341 e. The predicted octanol–water partition coefficient (Wildman–Crippen LogP) is 3.65. The summed E-state index contributed by atoms with van der Waals surface area (Å²) < 4.78 is 47.4. The molecule has 2 nitrogen and oxygen atoms in total. The molecular formula is C11H19F3O2. The fraction of sp³-hybridized carbons (Fsp3) is 1.00. The second-order valence-electron chi connectivity index (χ2n) is 4.05. The number of alkyl halides is 3. The van der Waals surface area contributed by atoms with Gasteiger partial charge in [-0.1, -0.05) is 32.6 Å². The number of hydrogen-bond acceptors (Lipinski definition) is 2. The van der Waals surface area contributed by atoms with Gasteiger partial charge in [0.15, 0.2) is 0 Å². The van der Waals surface area contributed by atoms with Crippen LogP contribution >= 0.6 is 0 Å². The van der Waals surface area contributed by atoms with Gasteiger partial charge in [0.2, 0.25) is 0 Å². The second kappa shape index (κ2) is 5.36. The van der Waals surface area contributed by atoms with Gasteiger partial charge in [-0.25, -0.2) is 0 Å². The monoisotopic (exact) mass is 240 g/mol. The highest BCUT2D eigenvalue weighted by Crippen LogP contribution is 2.52. The van der Waals surface area contributed by atoms with Crippen molar-refractivity contribution in [3.63, 3.8) is 0 Å². The third-order valence-corrected chi connectivity index (χ3v) is 2.76. The van der Waals surface area contributed by atoms with Crippen molar-refractivity contribution >= 4 is 0 Å². The Morgan fingerprint density at radius 2 is 1.88 bits per heavy atom. The van der Waals surface area contributed by atoms with Gasteiger partial charge in [-0.15, -0.1) is 0 Å². The van der Waals surface area contributed by atoms with E-state index in [9.17, 15) is 13.2 Å². The third-order valence-electron chi connectivity index (χ3n) is 2.76. The topological polar surface area (TPSA) is 21.8 Å². The molecule has 1 saturated heterocycles. The number of hydrogen-bond donors (Lipinski definition) is 0. The molecule has 0 aliphatic carbocycles. The van der Waals surface area contributed by atoms with E-state index < -0.39 is 18.1 Å². The fourth-order valence-corrected chi connectivity index (χ4v) is 1.86. The van der Waals surface area contributed by atoms with Crippen molar-refractivity contribution in [1.29, 1.82) is 0 Å². The largest absolute Gasteiger partial charge is 0.446 e. The van der Waals surface area contributed by atoms with Crippen LogP contribution in [-0.4, -0.2) is 24.7 Å². The van der Waals surface area contributed by atoms with E-state index in [-0.39, 0.29) is 6.61 Å². The van der Waals surface area contributed by atoms with Crippen molar-refractivity contribution in [2.75, 3.05) is 6.61 Å². The summed E-state index contributed by atoms with van der Waals surface area (Å²) in [5.74, 6) is -2.30. The molecule has 2 atom stereocenters. The van der Waals surface area contributed by atoms with Crippen LogP contribution in [0.25, 0.3) is 0 Å². The van der Waals surface area contributed by atoms with E-state index in [2.05, 4.69) is 6.92 Å². The average molecular weight is 240 g/mol. The van der Waals surface area contributed by atoms with E-state index >= 15 is 0 Å². The van der Waals surface area contributed by atoms with E-state index in [1.165, 1.54) is 0 Å². The zero-order valence-corrected chi connectivity index (χ0v) is 9.77. The molecule has 0 bridgehead atoms. The summed E-state index contributed by atoms with van der Waals surface area (Å²) in [6.07, 6.45) is -0.941. The van der Waals surface area contributed by atoms with E-state index in [1.807, 2.05) is 0 Å². The Morgan fingerprint density at radius 3 is 2.38 bits per heavy atom. The molecule has 0 radical (unpaired) electrons. The van der Waals surface area contributed by atoms with Gasteiger partial charge in [0.05, 0.1) is 0 Å². The van der Waals surface area contributed by atoms with Crippen LogP contribution in [0.5, 0.6) is 0 Å². The lowest BCUT2D eigenvalue weighted by Gasteiger charge is -2.16. The van der Waals surface area contributed by atoms with Crippen molar-refractivity contribution in [2.45, 2.75) is 64.0 Å². The molecule has 2 unspecified atom stereocenters. The molecule has 0 aromatic carbocycles. The molecule has 1 heterocycles. The first-order valence-electron chi connectivity index (χ1n) is 5.86. The normalized spacial score (nSPS) is 29.4. The maximum absolute atomic E-state index is 12.7. The van der Waals surface area contributed by atoms with Crippen LogP contribution in [0, 0.1) is 0 Å². The summed E-state index contributed by atoms with van der Waals surface area (Å²) in [7, 11) is 0. The molecule has 0 spiro atoms. The molecule has 16 heavy (non-hydrogen) atoms. The number of epoxide rings is 1. The minimum absolute atomic E-state index is 0.0188. The molecule has 1 aliphatic heterocycles. The van der Waals surface area contributed by atoms with Crippen LogP contribution in [0.2, 0.25) is 0 Å². The Hall–Kier alpha value is -0.290. The Morgan fingerprint density at radius 1 is 1.19 bits per heavy atom. The number of unbranched alkanes of at least 4 members (excludes halogenated alkanes) is 3. The van der Waals surface area contributed by atoms with Gasteiger partial charge in [-0.2, -0.15) is 13.2 Å². The Kier molecular flexibility index (Phi) is 4.62. The molecule has 5 heteroatoms. The first-order chi connectivity index (χ1) is 7.48. The highest BCUT2D eigenvalue weighted by Gasteiger charge is 2.74. The zero-order valence-electron chi connectivity index (χ0n) is 9.77. The number of ether oxygens (including phenoxy) is 2. The van der Waals surface area contributed by atoms with Crippen molar-refractivity contribution < 1.29 is 22.6 Å².